The number of pyridine rings is 1. The Morgan fingerprint density at radius 1 is 1.38 bits per heavy atom. The van der Waals surface area contributed by atoms with Crippen LogP contribution in [0.25, 0.3) is 10.9 Å². The zero-order valence-electron chi connectivity index (χ0n) is 13.7. The van der Waals surface area contributed by atoms with Gasteiger partial charge >= 0.3 is 0 Å². The highest BCUT2D eigenvalue weighted by Crippen LogP contribution is 2.26. The molecule has 0 aliphatic carbocycles. The van der Waals surface area contributed by atoms with Crippen molar-refractivity contribution >= 4 is 22.7 Å². The Bertz CT molecular complexity index is 805. The zero-order chi connectivity index (χ0) is 17.3. The molecule has 6 heteroatoms. The predicted molar refractivity (Wildman–Crippen MR) is 90.4 cm³/mol. The summed E-state index contributed by atoms with van der Waals surface area (Å²) >= 11 is 0. The quantitative estimate of drug-likeness (QED) is 0.890. The third-order valence-electron chi connectivity index (χ3n) is 4.49. The van der Waals surface area contributed by atoms with E-state index in [0.717, 1.165) is 10.9 Å². The van der Waals surface area contributed by atoms with Gasteiger partial charge in [0.2, 0.25) is 5.91 Å². The topological polar surface area (TPSA) is 96.5 Å². The molecule has 3 rings (SSSR count). The molecule has 1 fully saturated rings. The SMILES string of the molecule is Cc1nc2ccccc2cc1C(=O)N1CCCC(O)(CC(N)=O)C1. The van der Waals surface area contributed by atoms with Crippen molar-refractivity contribution in [3.8, 4) is 0 Å². The molecule has 1 aromatic carbocycles. The molecule has 0 spiro atoms. The van der Waals surface area contributed by atoms with Gasteiger partial charge in [0.15, 0.2) is 0 Å². The number of rotatable bonds is 3. The first kappa shape index (κ1) is 16.4. The van der Waals surface area contributed by atoms with Crippen LogP contribution in [-0.4, -0.2) is 45.5 Å². The summed E-state index contributed by atoms with van der Waals surface area (Å²) in [6.45, 7) is 2.46. The molecule has 2 heterocycles. The normalized spacial score (nSPS) is 21.0. The van der Waals surface area contributed by atoms with Gasteiger partial charge in [0.25, 0.3) is 5.91 Å². The van der Waals surface area contributed by atoms with Crippen molar-refractivity contribution in [3.05, 3.63) is 41.6 Å². The van der Waals surface area contributed by atoms with E-state index in [1.165, 1.54) is 0 Å². The molecule has 1 atom stereocenters. The first-order valence-electron chi connectivity index (χ1n) is 8.04. The molecule has 0 bridgehead atoms. The second kappa shape index (κ2) is 6.20. The summed E-state index contributed by atoms with van der Waals surface area (Å²) in [5, 5.41) is 11.4. The second-order valence-electron chi connectivity index (χ2n) is 6.51. The van der Waals surface area contributed by atoms with Crippen LogP contribution < -0.4 is 5.73 Å². The number of carbonyl (C=O) groups excluding carboxylic acids is 2. The van der Waals surface area contributed by atoms with Crippen LogP contribution in [-0.2, 0) is 4.79 Å². The van der Waals surface area contributed by atoms with Crippen molar-refractivity contribution in [1.29, 1.82) is 0 Å². The van der Waals surface area contributed by atoms with Gasteiger partial charge in [0.1, 0.15) is 0 Å². The summed E-state index contributed by atoms with van der Waals surface area (Å²) < 4.78 is 0. The van der Waals surface area contributed by atoms with Gasteiger partial charge in [-0.3, -0.25) is 14.6 Å². The fourth-order valence-corrected chi connectivity index (χ4v) is 3.35. The third kappa shape index (κ3) is 3.23. The number of aliphatic hydroxyl groups is 1. The summed E-state index contributed by atoms with van der Waals surface area (Å²) in [6.07, 6.45) is 0.968. The first-order valence-corrected chi connectivity index (χ1v) is 8.04. The minimum absolute atomic E-state index is 0.112. The van der Waals surface area contributed by atoms with E-state index in [1.54, 1.807) is 11.8 Å². The number of fused-ring (bicyclic) bond motifs is 1. The average Bonchev–Trinajstić information content (AvgIpc) is 2.52. The molecule has 1 aliphatic rings. The Kier molecular flexibility index (Phi) is 4.24. The summed E-state index contributed by atoms with van der Waals surface area (Å²) in [5.41, 5.74) is 6.00. The maximum absolute atomic E-state index is 12.9. The molecule has 2 aromatic rings. The number of hydrogen-bond acceptors (Lipinski definition) is 4. The van der Waals surface area contributed by atoms with E-state index in [-0.39, 0.29) is 18.9 Å². The summed E-state index contributed by atoms with van der Waals surface area (Å²) in [4.78, 5) is 30.1. The van der Waals surface area contributed by atoms with E-state index in [1.807, 2.05) is 30.3 Å². The lowest BCUT2D eigenvalue weighted by Crippen LogP contribution is -2.52. The third-order valence-corrected chi connectivity index (χ3v) is 4.49. The van der Waals surface area contributed by atoms with Crippen LogP contribution in [0.4, 0.5) is 0 Å². The van der Waals surface area contributed by atoms with Crippen LogP contribution in [0.15, 0.2) is 30.3 Å². The van der Waals surface area contributed by atoms with Gasteiger partial charge in [-0.25, -0.2) is 0 Å². The molecule has 1 saturated heterocycles. The molecule has 24 heavy (non-hydrogen) atoms. The Morgan fingerprint density at radius 2 is 2.12 bits per heavy atom. The highest BCUT2D eigenvalue weighted by atomic mass is 16.3. The maximum Gasteiger partial charge on any atom is 0.255 e. The van der Waals surface area contributed by atoms with Gasteiger partial charge < -0.3 is 15.7 Å². The van der Waals surface area contributed by atoms with Crippen LogP contribution in [0.5, 0.6) is 0 Å². The number of nitrogens with two attached hydrogens (primary N) is 1. The van der Waals surface area contributed by atoms with Crippen molar-refractivity contribution in [2.45, 2.75) is 31.8 Å². The molecule has 1 aliphatic heterocycles. The van der Waals surface area contributed by atoms with Gasteiger partial charge in [-0.2, -0.15) is 0 Å². The number of para-hydroxylation sites is 1. The molecule has 1 aromatic heterocycles. The zero-order valence-corrected chi connectivity index (χ0v) is 13.7. The maximum atomic E-state index is 12.9. The molecule has 1 unspecified atom stereocenters. The number of piperidine rings is 1. The van der Waals surface area contributed by atoms with Gasteiger partial charge in [-0.05, 0) is 31.9 Å². The van der Waals surface area contributed by atoms with Gasteiger partial charge in [-0.1, -0.05) is 18.2 Å². The van der Waals surface area contributed by atoms with Gasteiger partial charge in [-0.15, -0.1) is 0 Å². The van der Waals surface area contributed by atoms with E-state index < -0.39 is 11.5 Å². The highest BCUT2D eigenvalue weighted by Gasteiger charge is 2.37. The fraction of sp³-hybridized carbons (Fsp3) is 0.389. The first-order chi connectivity index (χ1) is 11.4. The molecular weight excluding hydrogens is 306 g/mol. The molecule has 0 radical (unpaired) electrons. The van der Waals surface area contributed by atoms with E-state index in [2.05, 4.69) is 4.98 Å². The van der Waals surface area contributed by atoms with E-state index >= 15 is 0 Å². The van der Waals surface area contributed by atoms with E-state index in [9.17, 15) is 14.7 Å². The molecule has 2 amide bonds. The molecule has 126 valence electrons. The van der Waals surface area contributed by atoms with E-state index in [0.29, 0.717) is 30.6 Å². The van der Waals surface area contributed by atoms with Gasteiger partial charge in [0, 0.05) is 11.9 Å². The average molecular weight is 327 g/mol. The Morgan fingerprint density at radius 3 is 2.88 bits per heavy atom. The Labute approximate surface area is 140 Å². The minimum Gasteiger partial charge on any atom is -0.388 e. The lowest BCUT2D eigenvalue weighted by Gasteiger charge is -2.38. The van der Waals surface area contributed by atoms with Crippen molar-refractivity contribution in [3.63, 3.8) is 0 Å². The molecule has 3 N–H and O–H groups in total. The molecular formula is C18H21N3O3. The predicted octanol–water partition coefficient (Wildman–Crippen LogP) is 1.39. The van der Waals surface area contributed by atoms with Gasteiger partial charge in [0.05, 0.1) is 35.3 Å². The molecule has 0 saturated carbocycles. The number of hydrogen-bond donors (Lipinski definition) is 2. The monoisotopic (exact) mass is 327 g/mol. The minimum atomic E-state index is -1.24. The number of nitrogens with zero attached hydrogens (tertiary/aromatic N) is 2. The number of benzene rings is 1. The Hall–Kier alpha value is -2.47. The Balaban J connectivity index is 1.88. The number of carbonyl (C=O) groups is 2. The highest BCUT2D eigenvalue weighted by molar-refractivity contribution is 5.98. The summed E-state index contributed by atoms with van der Waals surface area (Å²) in [5.74, 6) is -0.733. The van der Waals surface area contributed by atoms with Crippen molar-refractivity contribution in [2.24, 2.45) is 5.73 Å². The fourth-order valence-electron chi connectivity index (χ4n) is 3.35. The van der Waals surface area contributed by atoms with Crippen LogP contribution >= 0.6 is 0 Å². The van der Waals surface area contributed by atoms with Crippen LogP contribution in [0.2, 0.25) is 0 Å². The van der Waals surface area contributed by atoms with Crippen LogP contribution in [0, 0.1) is 6.92 Å². The number of likely N-dealkylation sites (tertiary alicyclic amines) is 1. The standard InChI is InChI=1S/C18H21N3O3/c1-12-14(9-13-5-2-3-6-15(13)20-12)17(23)21-8-4-7-18(24,11-21)10-16(19)22/h2-3,5-6,9,24H,4,7-8,10-11H2,1H3,(H2,19,22). The number of amides is 2. The summed E-state index contributed by atoms with van der Waals surface area (Å²) in [7, 11) is 0. The second-order valence-corrected chi connectivity index (χ2v) is 6.51. The number of aryl methyl sites for hydroxylation is 1. The number of aromatic nitrogens is 1. The van der Waals surface area contributed by atoms with Crippen LogP contribution in [0.3, 0.4) is 0 Å². The van der Waals surface area contributed by atoms with Crippen LogP contribution in [0.1, 0.15) is 35.3 Å². The molecule has 6 nitrogen and oxygen atoms in total. The largest absolute Gasteiger partial charge is 0.388 e. The summed E-state index contributed by atoms with van der Waals surface area (Å²) in [6, 6.07) is 9.47. The van der Waals surface area contributed by atoms with Crippen molar-refractivity contribution in [2.75, 3.05) is 13.1 Å². The van der Waals surface area contributed by atoms with E-state index in [4.69, 9.17) is 5.73 Å². The number of β-amino-alcohol motifs (C(OH)–C–C–N with tert-alkyl or cyclic N) is 1. The lowest BCUT2D eigenvalue weighted by molar-refractivity contribution is -0.125. The van der Waals surface area contributed by atoms with Crippen molar-refractivity contribution < 1.29 is 14.7 Å². The smallest absolute Gasteiger partial charge is 0.255 e. The lowest BCUT2D eigenvalue weighted by atomic mass is 9.89. The number of primary amides is 1. The van der Waals surface area contributed by atoms with Crippen molar-refractivity contribution in [1.82, 2.24) is 9.88 Å².